The molecular formula is C14H18N2O4S. The number of sulfone groups is 1. The average molecular weight is 310 g/mol. The molecule has 1 aromatic carbocycles. The molecule has 0 bridgehead atoms. The summed E-state index contributed by atoms with van der Waals surface area (Å²) in [5.74, 6) is -1.29. The molecule has 2 rings (SSSR count). The molecule has 0 aromatic heterocycles. The van der Waals surface area contributed by atoms with Gasteiger partial charge in [0.25, 0.3) is 11.8 Å². The van der Waals surface area contributed by atoms with Gasteiger partial charge in [0.2, 0.25) is 0 Å². The van der Waals surface area contributed by atoms with Crippen molar-refractivity contribution in [3.05, 3.63) is 29.3 Å². The zero-order valence-corrected chi connectivity index (χ0v) is 13.0. The number of nitrogens with two attached hydrogens (primary N) is 1. The number of imide groups is 1. The van der Waals surface area contributed by atoms with Gasteiger partial charge in [0.15, 0.2) is 9.84 Å². The lowest BCUT2D eigenvalue weighted by Crippen LogP contribution is -2.39. The van der Waals surface area contributed by atoms with Gasteiger partial charge in [-0.25, -0.2) is 8.42 Å². The lowest BCUT2D eigenvalue weighted by atomic mass is 10.1. The molecule has 2 amide bonds. The van der Waals surface area contributed by atoms with E-state index in [4.69, 9.17) is 5.73 Å². The lowest BCUT2D eigenvalue weighted by Gasteiger charge is -2.21. The molecule has 0 saturated carbocycles. The molecule has 0 saturated heterocycles. The molecule has 0 atom stereocenters. The fourth-order valence-electron chi connectivity index (χ4n) is 2.08. The van der Waals surface area contributed by atoms with Crippen LogP contribution in [0, 0.1) is 0 Å². The standard InChI is InChI=1S/C14H18N2O4S/c1-14(2,3)21(19,20)8-7-16-12(17)9-5-4-6-10(15)11(9)13(16)18/h4-6H,7-8,15H2,1-3H3. The summed E-state index contributed by atoms with van der Waals surface area (Å²) in [6, 6.07) is 4.65. The maximum absolute atomic E-state index is 12.2. The van der Waals surface area contributed by atoms with Crippen molar-refractivity contribution in [2.75, 3.05) is 18.0 Å². The molecule has 2 N–H and O–H groups in total. The van der Waals surface area contributed by atoms with Gasteiger partial charge >= 0.3 is 0 Å². The lowest BCUT2D eigenvalue weighted by molar-refractivity contribution is 0.0664. The molecule has 1 aliphatic heterocycles. The van der Waals surface area contributed by atoms with E-state index in [1.54, 1.807) is 32.9 Å². The number of carbonyl (C=O) groups is 2. The number of anilines is 1. The molecule has 114 valence electrons. The second-order valence-corrected chi connectivity index (χ2v) is 8.83. The molecule has 21 heavy (non-hydrogen) atoms. The van der Waals surface area contributed by atoms with Crippen LogP contribution in [0.15, 0.2) is 18.2 Å². The molecule has 0 spiro atoms. The number of nitrogens with zero attached hydrogens (tertiary/aromatic N) is 1. The van der Waals surface area contributed by atoms with Gasteiger partial charge in [0.05, 0.1) is 21.6 Å². The van der Waals surface area contributed by atoms with E-state index in [-0.39, 0.29) is 29.1 Å². The van der Waals surface area contributed by atoms with E-state index < -0.39 is 26.4 Å². The summed E-state index contributed by atoms with van der Waals surface area (Å²) in [5, 5.41) is 0. The van der Waals surface area contributed by atoms with Gasteiger partial charge in [-0.1, -0.05) is 6.07 Å². The topological polar surface area (TPSA) is 97.5 Å². The summed E-state index contributed by atoms with van der Waals surface area (Å²) < 4.78 is 23.3. The molecule has 0 unspecified atom stereocenters. The number of hydrogen-bond acceptors (Lipinski definition) is 5. The number of benzene rings is 1. The van der Waals surface area contributed by atoms with Crippen molar-refractivity contribution in [3.63, 3.8) is 0 Å². The minimum absolute atomic E-state index is 0.161. The van der Waals surface area contributed by atoms with Crippen LogP contribution in [0.3, 0.4) is 0 Å². The fourth-order valence-corrected chi connectivity index (χ4v) is 3.12. The summed E-state index contributed by atoms with van der Waals surface area (Å²) in [7, 11) is -3.41. The largest absolute Gasteiger partial charge is 0.398 e. The Labute approximate surface area is 123 Å². The van der Waals surface area contributed by atoms with Gasteiger partial charge in [-0.3, -0.25) is 14.5 Å². The van der Waals surface area contributed by atoms with Crippen molar-refractivity contribution in [2.24, 2.45) is 0 Å². The number of carbonyl (C=O) groups excluding carboxylic acids is 2. The van der Waals surface area contributed by atoms with Crippen molar-refractivity contribution in [1.29, 1.82) is 0 Å². The van der Waals surface area contributed by atoms with Crippen LogP contribution in [0.25, 0.3) is 0 Å². The van der Waals surface area contributed by atoms with Crippen molar-refractivity contribution in [1.82, 2.24) is 4.90 Å². The van der Waals surface area contributed by atoms with E-state index in [0.29, 0.717) is 0 Å². The van der Waals surface area contributed by atoms with Crippen LogP contribution in [0.1, 0.15) is 41.5 Å². The van der Waals surface area contributed by atoms with E-state index in [1.807, 2.05) is 0 Å². The van der Waals surface area contributed by atoms with E-state index in [1.165, 1.54) is 6.07 Å². The molecular weight excluding hydrogens is 292 g/mol. The Balaban J connectivity index is 2.24. The number of rotatable bonds is 3. The van der Waals surface area contributed by atoms with Crippen LogP contribution in [0.2, 0.25) is 0 Å². The molecule has 0 fully saturated rings. The molecule has 0 aliphatic carbocycles. The molecule has 6 nitrogen and oxygen atoms in total. The highest BCUT2D eigenvalue weighted by molar-refractivity contribution is 7.92. The predicted octanol–water partition coefficient (Wildman–Crippen LogP) is 1.08. The quantitative estimate of drug-likeness (QED) is 0.665. The first-order chi connectivity index (χ1) is 9.56. The highest BCUT2D eigenvalue weighted by atomic mass is 32.2. The molecule has 7 heteroatoms. The zero-order valence-electron chi connectivity index (χ0n) is 12.2. The summed E-state index contributed by atoms with van der Waals surface area (Å²) in [4.78, 5) is 25.4. The minimum atomic E-state index is -3.41. The van der Waals surface area contributed by atoms with E-state index in [2.05, 4.69) is 0 Å². The molecule has 1 aliphatic rings. The normalized spacial score (nSPS) is 15.5. The number of amides is 2. The first kappa shape index (κ1) is 15.5. The summed E-state index contributed by atoms with van der Waals surface area (Å²) >= 11 is 0. The van der Waals surface area contributed by atoms with Crippen LogP contribution in [0.5, 0.6) is 0 Å². The highest BCUT2D eigenvalue weighted by Crippen LogP contribution is 2.27. The van der Waals surface area contributed by atoms with Crippen LogP contribution < -0.4 is 5.73 Å². The Morgan fingerprint density at radius 3 is 2.29 bits per heavy atom. The van der Waals surface area contributed by atoms with Gasteiger partial charge in [-0.15, -0.1) is 0 Å². The monoisotopic (exact) mass is 310 g/mol. The van der Waals surface area contributed by atoms with Gasteiger partial charge in [-0.05, 0) is 32.9 Å². The smallest absolute Gasteiger partial charge is 0.263 e. The van der Waals surface area contributed by atoms with Crippen LogP contribution in [-0.2, 0) is 9.84 Å². The Hall–Kier alpha value is -1.89. The van der Waals surface area contributed by atoms with Gasteiger partial charge in [-0.2, -0.15) is 0 Å². The Morgan fingerprint density at radius 1 is 1.14 bits per heavy atom. The van der Waals surface area contributed by atoms with Crippen molar-refractivity contribution in [3.8, 4) is 0 Å². The minimum Gasteiger partial charge on any atom is -0.398 e. The van der Waals surface area contributed by atoms with Gasteiger partial charge < -0.3 is 5.73 Å². The number of nitrogen functional groups attached to an aromatic ring is 1. The van der Waals surface area contributed by atoms with E-state index in [0.717, 1.165) is 4.90 Å². The SMILES string of the molecule is CC(C)(C)S(=O)(=O)CCN1C(=O)c2cccc(N)c2C1=O. The second-order valence-electron chi connectivity index (χ2n) is 5.96. The summed E-state index contributed by atoms with van der Waals surface area (Å²) in [6.45, 7) is 4.60. The van der Waals surface area contributed by atoms with Crippen molar-refractivity contribution < 1.29 is 18.0 Å². The third kappa shape index (κ3) is 2.53. The zero-order chi connectivity index (χ0) is 16.0. The Morgan fingerprint density at radius 2 is 1.76 bits per heavy atom. The van der Waals surface area contributed by atoms with Crippen LogP contribution >= 0.6 is 0 Å². The maximum atomic E-state index is 12.2. The van der Waals surface area contributed by atoms with Crippen molar-refractivity contribution >= 4 is 27.3 Å². The Bertz CT molecular complexity index is 717. The van der Waals surface area contributed by atoms with Gasteiger partial charge in [0.1, 0.15) is 0 Å². The second kappa shape index (κ2) is 4.84. The summed E-state index contributed by atoms with van der Waals surface area (Å²) in [6.07, 6.45) is 0. The maximum Gasteiger partial charge on any atom is 0.263 e. The average Bonchev–Trinajstić information content (AvgIpc) is 2.59. The third-order valence-corrected chi connectivity index (χ3v) is 6.13. The Kier molecular flexibility index (Phi) is 3.57. The van der Waals surface area contributed by atoms with Crippen LogP contribution in [-0.4, -0.2) is 42.2 Å². The fraction of sp³-hybridized carbons (Fsp3) is 0.429. The molecule has 1 heterocycles. The number of hydrogen-bond donors (Lipinski definition) is 1. The number of fused-ring (bicyclic) bond motifs is 1. The van der Waals surface area contributed by atoms with E-state index >= 15 is 0 Å². The van der Waals surface area contributed by atoms with Gasteiger partial charge in [0, 0.05) is 12.2 Å². The predicted molar refractivity (Wildman–Crippen MR) is 79.8 cm³/mol. The van der Waals surface area contributed by atoms with Crippen LogP contribution in [0.4, 0.5) is 5.69 Å². The highest BCUT2D eigenvalue weighted by Gasteiger charge is 2.38. The summed E-state index contributed by atoms with van der Waals surface area (Å²) in [5.41, 5.74) is 6.34. The first-order valence-electron chi connectivity index (χ1n) is 6.53. The molecule has 1 aromatic rings. The first-order valence-corrected chi connectivity index (χ1v) is 8.18. The van der Waals surface area contributed by atoms with E-state index in [9.17, 15) is 18.0 Å². The van der Waals surface area contributed by atoms with Crippen molar-refractivity contribution in [2.45, 2.75) is 25.5 Å². The third-order valence-electron chi connectivity index (χ3n) is 3.55. The molecule has 0 radical (unpaired) electrons.